The Labute approximate surface area is 224 Å². The number of fused-ring (bicyclic) bond motifs is 6. The van der Waals surface area contributed by atoms with Gasteiger partial charge in [0.2, 0.25) is 0 Å². The second-order valence-corrected chi connectivity index (χ2v) is 11.7. The predicted octanol–water partition coefficient (Wildman–Crippen LogP) is 5.39. The molecule has 204 valence electrons. The van der Waals surface area contributed by atoms with Crippen molar-refractivity contribution in [1.29, 1.82) is 0 Å². The molecule has 3 heterocycles. The Balaban J connectivity index is 1.84. The Morgan fingerprint density at radius 2 is 1.64 bits per heavy atom. The largest absolute Gasteiger partial charge is 0.444 e. The number of carbonyl (C=O) groups is 3. The van der Waals surface area contributed by atoms with Crippen molar-refractivity contribution < 1.29 is 28.8 Å². The zero-order chi connectivity index (χ0) is 28.5. The fourth-order valence-corrected chi connectivity index (χ4v) is 5.34. The zero-order valence-corrected chi connectivity index (χ0v) is 22.7. The minimum atomic E-state index is -1.94. The number of imide groups is 1. The van der Waals surface area contributed by atoms with Crippen LogP contribution in [0.2, 0.25) is 0 Å². The third-order valence-corrected chi connectivity index (χ3v) is 6.69. The molecule has 1 spiro atoms. The average Bonchev–Trinajstić information content (AvgIpc) is 3.31. The van der Waals surface area contributed by atoms with Gasteiger partial charge in [-0.15, -0.1) is 0 Å². The first-order valence-corrected chi connectivity index (χ1v) is 12.6. The molecule has 0 unspecified atom stereocenters. The van der Waals surface area contributed by atoms with Crippen LogP contribution in [0.4, 0.5) is 21.0 Å². The molecule has 3 amide bonds. The maximum atomic E-state index is 14.7. The predicted molar refractivity (Wildman–Crippen MR) is 143 cm³/mol. The lowest BCUT2D eigenvalue weighted by atomic mass is 9.80. The summed E-state index contributed by atoms with van der Waals surface area (Å²) in [4.78, 5) is 58.6. The van der Waals surface area contributed by atoms with Crippen LogP contribution in [0.25, 0.3) is 10.9 Å². The van der Waals surface area contributed by atoms with Crippen molar-refractivity contribution in [3.8, 4) is 0 Å². The number of nitro benzene ring substituents is 1. The molecular weight excluding hydrogens is 504 g/mol. The Hall–Kier alpha value is -4.41. The number of nitrogens with one attached hydrogen (secondary N) is 1. The van der Waals surface area contributed by atoms with E-state index in [1.807, 2.05) is 24.3 Å². The summed E-state index contributed by atoms with van der Waals surface area (Å²) in [5.41, 5.74) is -1.98. The number of benzene rings is 2. The van der Waals surface area contributed by atoms with E-state index in [4.69, 9.17) is 9.47 Å². The van der Waals surface area contributed by atoms with Gasteiger partial charge in [-0.2, -0.15) is 0 Å². The molecule has 0 aliphatic carbocycles. The number of aromatic amines is 1. The molecule has 0 saturated heterocycles. The number of hydrogen-bond acceptors (Lipinski definition) is 7. The molecule has 1 aromatic heterocycles. The summed E-state index contributed by atoms with van der Waals surface area (Å²) in [6.45, 7) is 10.2. The molecule has 0 fully saturated rings. The number of hydrogen-bond donors (Lipinski definition) is 1. The van der Waals surface area contributed by atoms with E-state index in [2.05, 4.69) is 4.98 Å². The molecule has 2 aromatic carbocycles. The second-order valence-electron chi connectivity index (χ2n) is 11.7. The molecule has 0 radical (unpaired) electrons. The van der Waals surface area contributed by atoms with Gasteiger partial charge in [-0.05, 0) is 65.7 Å². The third kappa shape index (κ3) is 4.08. The van der Waals surface area contributed by atoms with E-state index in [0.717, 1.165) is 21.4 Å². The number of rotatable bonds is 1. The van der Waals surface area contributed by atoms with Crippen molar-refractivity contribution in [1.82, 2.24) is 9.88 Å². The minimum absolute atomic E-state index is 0.0692. The van der Waals surface area contributed by atoms with E-state index in [9.17, 15) is 24.5 Å². The van der Waals surface area contributed by atoms with Crippen LogP contribution in [-0.4, -0.2) is 50.6 Å². The minimum Gasteiger partial charge on any atom is -0.444 e. The third-order valence-electron chi connectivity index (χ3n) is 6.69. The number of amides is 3. The number of ether oxygens (including phenoxy) is 2. The Morgan fingerprint density at radius 3 is 2.28 bits per heavy atom. The average molecular weight is 535 g/mol. The van der Waals surface area contributed by atoms with Crippen molar-refractivity contribution in [3.05, 3.63) is 69.4 Å². The highest BCUT2D eigenvalue weighted by Gasteiger charge is 2.63. The van der Waals surface area contributed by atoms with Gasteiger partial charge < -0.3 is 14.5 Å². The van der Waals surface area contributed by atoms with E-state index in [1.165, 1.54) is 23.1 Å². The molecule has 11 heteroatoms. The molecule has 5 rings (SSSR count). The summed E-state index contributed by atoms with van der Waals surface area (Å²) < 4.78 is 11.3. The summed E-state index contributed by atoms with van der Waals surface area (Å²) in [6.07, 6.45) is -1.35. The van der Waals surface area contributed by atoms with Crippen LogP contribution in [0, 0.1) is 10.1 Å². The molecule has 1 N–H and O–H groups in total. The zero-order valence-electron chi connectivity index (χ0n) is 22.7. The summed E-state index contributed by atoms with van der Waals surface area (Å²) in [5.74, 6) is -0.786. The van der Waals surface area contributed by atoms with Gasteiger partial charge >= 0.3 is 12.2 Å². The Morgan fingerprint density at radius 1 is 1.00 bits per heavy atom. The first-order chi connectivity index (χ1) is 18.1. The SMILES string of the molecule is CC(C)(C)OC(=O)N1C(=O)[C@@]2(c3cc([N+](=O)[O-])ccc31)c1[nH]c3ccccc3c1CCN2C(=O)OC(C)(C)C. The quantitative estimate of drug-likeness (QED) is 0.326. The van der Waals surface area contributed by atoms with Crippen molar-refractivity contribution in [2.75, 3.05) is 11.4 Å². The van der Waals surface area contributed by atoms with Gasteiger partial charge in [0.25, 0.3) is 11.6 Å². The topological polar surface area (TPSA) is 135 Å². The van der Waals surface area contributed by atoms with Crippen LogP contribution >= 0.6 is 0 Å². The number of para-hydroxylation sites is 1. The normalized spacial score (nSPS) is 18.8. The van der Waals surface area contributed by atoms with Gasteiger partial charge in [-0.1, -0.05) is 18.2 Å². The number of nitro groups is 1. The first kappa shape index (κ1) is 26.2. The maximum absolute atomic E-state index is 14.7. The summed E-state index contributed by atoms with van der Waals surface area (Å²) in [7, 11) is 0. The van der Waals surface area contributed by atoms with Crippen LogP contribution in [0.1, 0.15) is 58.4 Å². The highest BCUT2D eigenvalue weighted by molar-refractivity contribution is 6.23. The van der Waals surface area contributed by atoms with Crippen molar-refractivity contribution >= 4 is 40.4 Å². The molecule has 2 aliphatic rings. The number of aromatic nitrogens is 1. The van der Waals surface area contributed by atoms with Crippen molar-refractivity contribution in [3.63, 3.8) is 0 Å². The monoisotopic (exact) mass is 534 g/mol. The molecule has 39 heavy (non-hydrogen) atoms. The van der Waals surface area contributed by atoms with E-state index in [-0.39, 0.29) is 23.5 Å². The van der Waals surface area contributed by atoms with Gasteiger partial charge in [0.15, 0.2) is 5.54 Å². The number of nitrogens with zero attached hydrogens (tertiary/aromatic N) is 3. The summed E-state index contributed by atoms with van der Waals surface area (Å²) in [6, 6.07) is 11.3. The number of anilines is 1. The summed E-state index contributed by atoms with van der Waals surface area (Å²) in [5, 5.41) is 12.7. The lowest BCUT2D eigenvalue weighted by molar-refractivity contribution is -0.384. The molecule has 11 nitrogen and oxygen atoms in total. The van der Waals surface area contributed by atoms with Crippen molar-refractivity contribution in [2.45, 2.75) is 64.7 Å². The van der Waals surface area contributed by atoms with E-state index < -0.39 is 39.8 Å². The lowest BCUT2D eigenvalue weighted by Crippen LogP contribution is -2.60. The smallest absolute Gasteiger partial charge is 0.421 e. The Kier molecular flexibility index (Phi) is 5.75. The number of non-ortho nitro benzene ring substituents is 1. The Bertz CT molecular complexity index is 1550. The van der Waals surface area contributed by atoms with Gasteiger partial charge in [0.1, 0.15) is 11.2 Å². The lowest BCUT2D eigenvalue weighted by Gasteiger charge is -2.43. The number of carbonyl (C=O) groups excluding carboxylic acids is 3. The van der Waals surface area contributed by atoms with Gasteiger partial charge in [0, 0.05) is 35.1 Å². The molecule has 2 aliphatic heterocycles. The van der Waals surface area contributed by atoms with E-state index in [0.29, 0.717) is 12.1 Å². The molecule has 0 saturated carbocycles. The second kappa shape index (κ2) is 8.55. The number of H-pyrrole nitrogens is 1. The molecular formula is C28H30N4O7. The first-order valence-electron chi connectivity index (χ1n) is 12.6. The molecule has 1 atom stereocenters. The van der Waals surface area contributed by atoms with Gasteiger partial charge in [0.05, 0.1) is 16.3 Å². The van der Waals surface area contributed by atoms with Gasteiger partial charge in [-0.25, -0.2) is 14.5 Å². The van der Waals surface area contributed by atoms with Crippen LogP contribution in [0.15, 0.2) is 42.5 Å². The molecule has 3 aromatic rings. The summed E-state index contributed by atoms with van der Waals surface area (Å²) >= 11 is 0. The fraction of sp³-hybridized carbons (Fsp3) is 0.393. The van der Waals surface area contributed by atoms with Crippen LogP contribution in [0.5, 0.6) is 0 Å². The maximum Gasteiger partial charge on any atom is 0.421 e. The highest BCUT2D eigenvalue weighted by Crippen LogP contribution is 2.53. The van der Waals surface area contributed by atoms with Crippen LogP contribution in [-0.2, 0) is 26.2 Å². The van der Waals surface area contributed by atoms with Crippen LogP contribution < -0.4 is 4.90 Å². The van der Waals surface area contributed by atoms with Crippen molar-refractivity contribution in [2.24, 2.45) is 0 Å². The highest BCUT2D eigenvalue weighted by atomic mass is 16.6. The van der Waals surface area contributed by atoms with Crippen LogP contribution in [0.3, 0.4) is 0 Å². The van der Waals surface area contributed by atoms with E-state index >= 15 is 0 Å². The van der Waals surface area contributed by atoms with E-state index in [1.54, 1.807) is 41.5 Å². The molecule has 0 bridgehead atoms. The van der Waals surface area contributed by atoms with Gasteiger partial charge in [-0.3, -0.25) is 19.8 Å². The standard InChI is InChI=1S/C28H30N4O7/c1-26(2,3)38-24(34)30-14-13-18-17-9-7-8-10-20(17)29-22(18)28(30)19-15-16(32(36)37)11-12-21(19)31(23(28)33)25(35)39-27(4,5)6/h7-12,15,29H,13-14H2,1-6H3/t28-/m1/s1. The fourth-order valence-electron chi connectivity index (χ4n) is 5.34.